The fourth-order valence-electron chi connectivity index (χ4n) is 4.62. The Balaban J connectivity index is 2.70. The third kappa shape index (κ3) is 3.14. The first-order valence-electron chi connectivity index (χ1n) is 9.10. The summed E-state index contributed by atoms with van der Waals surface area (Å²) >= 11 is 0. The maximum absolute atomic E-state index is 2.44. The lowest BCUT2D eigenvalue weighted by Gasteiger charge is -2.38. The molecule has 0 unspecified atom stereocenters. The Morgan fingerprint density at radius 1 is 0.609 bits per heavy atom. The molecule has 0 saturated heterocycles. The third-order valence-electron chi connectivity index (χ3n) is 5.68. The molecule has 0 aromatic heterocycles. The van der Waals surface area contributed by atoms with E-state index >= 15 is 0 Å². The van der Waals surface area contributed by atoms with Crippen LogP contribution in [0.4, 0.5) is 0 Å². The SMILES string of the molecule is CC1=CCC(C(C)(C)C)=C1C(C)(C)C1=C(C(C)(C)C)CC=C1C. The summed E-state index contributed by atoms with van der Waals surface area (Å²) in [4.78, 5) is 0. The van der Waals surface area contributed by atoms with Gasteiger partial charge in [0.2, 0.25) is 0 Å². The Morgan fingerprint density at radius 3 is 1.17 bits per heavy atom. The van der Waals surface area contributed by atoms with Gasteiger partial charge in [0.15, 0.2) is 0 Å². The fourth-order valence-corrected chi connectivity index (χ4v) is 4.62. The first kappa shape index (κ1) is 18.3. The van der Waals surface area contributed by atoms with Gasteiger partial charge in [0.25, 0.3) is 0 Å². The molecule has 0 atom stereocenters. The van der Waals surface area contributed by atoms with Crippen molar-refractivity contribution in [3.63, 3.8) is 0 Å². The molecule has 0 N–H and O–H groups in total. The maximum atomic E-state index is 2.44. The highest BCUT2D eigenvalue weighted by molar-refractivity contribution is 5.57. The topological polar surface area (TPSA) is 0 Å². The van der Waals surface area contributed by atoms with E-state index in [0.717, 1.165) is 12.8 Å². The fraction of sp³-hybridized carbons (Fsp3) is 0.652. The Bertz CT molecular complexity index is 573. The van der Waals surface area contributed by atoms with Crippen molar-refractivity contribution in [2.45, 2.75) is 82.1 Å². The van der Waals surface area contributed by atoms with Gasteiger partial charge in [-0.1, -0.05) is 89.8 Å². The molecule has 2 aliphatic rings. The van der Waals surface area contributed by atoms with Gasteiger partial charge in [0.1, 0.15) is 0 Å². The van der Waals surface area contributed by atoms with Crippen LogP contribution in [0.15, 0.2) is 45.6 Å². The smallest absolute Gasteiger partial charge is 0.0151 e. The molecule has 0 nitrogen and oxygen atoms in total. The van der Waals surface area contributed by atoms with Crippen LogP contribution in [-0.4, -0.2) is 0 Å². The highest BCUT2D eigenvalue weighted by Crippen LogP contribution is 2.54. The van der Waals surface area contributed by atoms with Gasteiger partial charge >= 0.3 is 0 Å². The van der Waals surface area contributed by atoms with Crippen molar-refractivity contribution < 1.29 is 0 Å². The summed E-state index contributed by atoms with van der Waals surface area (Å²) in [6, 6.07) is 0. The predicted molar refractivity (Wildman–Crippen MR) is 103 cm³/mol. The number of rotatable bonds is 2. The van der Waals surface area contributed by atoms with Crippen LogP contribution >= 0.6 is 0 Å². The maximum Gasteiger partial charge on any atom is 0.0151 e. The van der Waals surface area contributed by atoms with Crippen molar-refractivity contribution in [1.29, 1.82) is 0 Å². The van der Waals surface area contributed by atoms with Crippen molar-refractivity contribution in [3.8, 4) is 0 Å². The largest absolute Gasteiger partial charge is 0.0772 e. The average molecular weight is 313 g/mol. The van der Waals surface area contributed by atoms with Crippen LogP contribution in [0.1, 0.15) is 82.1 Å². The zero-order valence-corrected chi connectivity index (χ0v) is 17.1. The summed E-state index contributed by atoms with van der Waals surface area (Å²) in [7, 11) is 0. The first-order chi connectivity index (χ1) is 10.3. The van der Waals surface area contributed by atoms with Crippen LogP contribution in [0.3, 0.4) is 0 Å². The van der Waals surface area contributed by atoms with E-state index in [2.05, 4.69) is 81.4 Å². The van der Waals surface area contributed by atoms with E-state index in [9.17, 15) is 0 Å². The summed E-state index contributed by atoms with van der Waals surface area (Å²) in [6.45, 7) is 23.7. The molecule has 0 aromatic carbocycles. The lowest BCUT2D eigenvalue weighted by molar-refractivity contribution is 0.444. The van der Waals surface area contributed by atoms with Gasteiger partial charge in [-0.15, -0.1) is 0 Å². The Hall–Kier alpha value is -1.04. The molecular formula is C23H36. The van der Waals surface area contributed by atoms with Gasteiger partial charge < -0.3 is 0 Å². The number of allylic oxidation sites excluding steroid dienone is 8. The van der Waals surface area contributed by atoms with Gasteiger partial charge in [-0.2, -0.15) is 0 Å². The molecule has 0 saturated carbocycles. The summed E-state index contributed by atoms with van der Waals surface area (Å²) in [6.07, 6.45) is 7.11. The lowest BCUT2D eigenvalue weighted by atomic mass is 9.66. The molecule has 0 aromatic rings. The molecule has 128 valence electrons. The van der Waals surface area contributed by atoms with Gasteiger partial charge in [0.05, 0.1) is 0 Å². The molecule has 0 aliphatic heterocycles. The molecule has 0 heteroatoms. The van der Waals surface area contributed by atoms with Gasteiger partial charge in [-0.05, 0) is 48.7 Å². The number of hydrogen-bond donors (Lipinski definition) is 0. The van der Waals surface area contributed by atoms with E-state index in [1.54, 1.807) is 22.3 Å². The summed E-state index contributed by atoms with van der Waals surface area (Å²) in [5, 5.41) is 0. The van der Waals surface area contributed by atoms with E-state index in [1.807, 2.05) is 0 Å². The average Bonchev–Trinajstić information content (AvgIpc) is 2.91. The van der Waals surface area contributed by atoms with Crippen molar-refractivity contribution >= 4 is 0 Å². The second kappa shape index (κ2) is 5.50. The van der Waals surface area contributed by atoms with E-state index < -0.39 is 0 Å². The highest BCUT2D eigenvalue weighted by atomic mass is 14.4. The molecule has 0 amide bonds. The molecule has 0 radical (unpaired) electrons. The van der Waals surface area contributed by atoms with E-state index in [0.29, 0.717) is 0 Å². The first-order valence-corrected chi connectivity index (χ1v) is 9.10. The Kier molecular flexibility index (Phi) is 4.38. The van der Waals surface area contributed by atoms with Crippen molar-refractivity contribution in [1.82, 2.24) is 0 Å². The van der Waals surface area contributed by atoms with Crippen molar-refractivity contribution in [2.24, 2.45) is 16.2 Å². The lowest BCUT2D eigenvalue weighted by Crippen LogP contribution is -2.25. The van der Waals surface area contributed by atoms with Crippen molar-refractivity contribution in [2.75, 3.05) is 0 Å². The summed E-state index contributed by atoms with van der Waals surface area (Å²) in [5.74, 6) is 0. The van der Waals surface area contributed by atoms with Crippen LogP contribution in [-0.2, 0) is 0 Å². The second-order valence-electron chi connectivity index (χ2n) is 10.0. The van der Waals surface area contributed by atoms with E-state index in [4.69, 9.17) is 0 Å². The number of hydrogen-bond acceptors (Lipinski definition) is 0. The van der Waals surface area contributed by atoms with Crippen LogP contribution in [0.25, 0.3) is 0 Å². The van der Waals surface area contributed by atoms with Crippen LogP contribution in [0, 0.1) is 16.2 Å². The highest BCUT2D eigenvalue weighted by Gasteiger charge is 2.40. The normalized spacial score (nSPS) is 20.4. The monoisotopic (exact) mass is 312 g/mol. The van der Waals surface area contributed by atoms with Crippen molar-refractivity contribution in [3.05, 3.63) is 45.6 Å². The molecule has 2 aliphatic carbocycles. The molecule has 2 rings (SSSR count). The minimum absolute atomic E-state index is 0.0827. The Morgan fingerprint density at radius 2 is 0.913 bits per heavy atom. The summed E-state index contributed by atoms with van der Waals surface area (Å²) in [5.41, 5.74) is 9.97. The van der Waals surface area contributed by atoms with E-state index in [1.165, 1.54) is 11.1 Å². The summed E-state index contributed by atoms with van der Waals surface area (Å²) < 4.78 is 0. The van der Waals surface area contributed by atoms with Gasteiger partial charge in [-0.3, -0.25) is 0 Å². The van der Waals surface area contributed by atoms with Crippen LogP contribution < -0.4 is 0 Å². The van der Waals surface area contributed by atoms with E-state index in [-0.39, 0.29) is 16.2 Å². The molecule has 0 fully saturated rings. The Labute approximate surface area is 144 Å². The molecule has 0 heterocycles. The molecule has 0 spiro atoms. The molecular weight excluding hydrogens is 276 g/mol. The second-order valence-corrected chi connectivity index (χ2v) is 10.0. The minimum Gasteiger partial charge on any atom is -0.0772 e. The molecule has 23 heavy (non-hydrogen) atoms. The van der Waals surface area contributed by atoms with Gasteiger partial charge in [-0.25, -0.2) is 0 Å². The zero-order valence-electron chi connectivity index (χ0n) is 17.1. The third-order valence-corrected chi connectivity index (χ3v) is 5.68. The predicted octanol–water partition coefficient (Wildman–Crippen LogP) is 7.40. The van der Waals surface area contributed by atoms with Crippen LogP contribution in [0.2, 0.25) is 0 Å². The standard InChI is InChI=1S/C23H36/c1-15-11-13-17(21(3,4)5)19(15)23(9,10)20-16(2)12-14-18(20)22(6,7)8/h11-12H,13-14H2,1-10H3. The molecule has 0 bridgehead atoms. The zero-order chi connectivity index (χ0) is 17.8. The minimum atomic E-state index is 0.0827. The quantitative estimate of drug-likeness (QED) is 0.498. The van der Waals surface area contributed by atoms with Crippen LogP contribution in [0.5, 0.6) is 0 Å². The van der Waals surface area contributed by atoms with Gasteiger partial charge in [0, 0.05) is 5.41 Å².